The predicted molar refractivity (Wildman–Crippen MR) is 153 cm³/mol. The van der Waals surface area contributed by atoms with Gasteiger partial charge >= 0.3 is 225 Å². The summed E-state index contributed by atoms with van der Waals surface area (Å²) >= 11 is 8.17. The molecule has 2 aliphatic rings. The molecule has 0 radical (unpaired) electrons. The maximum absolute atomic E-state index is 8.34. The number of aryl methyl sites for hydroxylation is 2. The second kappa shape index (κ2) is 9.18. The van der Waals surface area contributed by atoms with Gasteiger partial charge in [-0.3, -0.25) is 0 Å². The molecule has 0 N–H and O–H groups in total. The SMILES string of the molecule is CC1=C(C)[CH]([Zr]([Cl])([Cl])([CH]2C(C)=C(C)c3c(CCl)ccc(C)c32)=[Si](C)C)c2c(C)ccc(CCl)c21. The van der Waals surface area contributed by atoms with E-state index in [-0.39, 0.29) is 7.25 Å². The minimum atomic E-state index is -4.71. The van der Waals surface area contributed by atoms with E-state index in [2.05, 4.69) is 78.9 Å². The summed E-state index contributed by atoms with van der Waals surface area (Å²) in [4.78, 5) is 0. The first-order valence-corrected chi connectivity index (χ1v) is 28.3. The Labute approximate surface area is 223 Å². The van der Waals surface area contributed by atoms with E-state index in [0.29, 0.717) is 11.8 Å². The van der Waals surface area contributed by atoms with E-state index in [1.165, 1.54) is 66.8 Å². The minimum absolute atomic E-state index is 0.0876. The number of hydrogen-bond donors (Lipinski definition) is 0. The molecule has 0 spiro atoms. The Balaban J connectivity index is 2.17. The summed E-state index contributed by atoms with van der Waals surface area (Å²) in [5.74, 6) is 0.988. The van der Waals surface area contributed by atoms with Crippen molar-refractivity contribution in [3.63, 3.8) is 0 Å². The van der Waals surface area contributed by atoms with Crippen LogP contribution < -0.4 is 0 Å². The van der Waals surface area contributed by atoms with Crippen LogP contribution >= 0.6 is 40.2 Å². The second-order valence-corrected chi connectivity index (χ2v) is 49.9. The van der Waals surface area contributed by atoms with Gasteiger partial charge in [0.25, 0.3) is 0 Å². The van der Waals surface area contributed by atoms with E-state index in [4.69, 9.17) is 40.2 Å². The molecule has 2 aromatic rings. The van der Waals surface area contributed by atoms with Gasteiger partial charge in [-0.2, -0.15) is 0 Å². The molecule has 2 aliphatic carbocycles. The number of alkyl halides is 2. The molecular weight excluding hydrogens is 597 g/mol. The summed E-state index contributed by atoms with van der Waals surface area (Å²) in [5.41, 5.74) is 14.4. The maximum atomic E-state index is 8.34. The van der Waals surface area contributed by atoms with Crippen LogP contribution in [0.1, 0.15) is 79.5 Å². The molecule has 2 unspecified atom stereocenters. The molecule has 0 fully saturated rings. The van der Waals surface area contributed by atoms with E-state index in [1.807, 2.05) is 0 Å². The molecule has 0 nitrogen and oxygen atoms in total. The summed E-state index contributed by atoms with van der Waals surface area (Å²) in [7, 11) is 16.7. The van der Waals surface area contributed by atoms with Crippen molar-refractivity contribution in [2.45, 2.75) is 73.6 Å². The Bertz CT molecular complexity index is 1280. The second-order valence-electron chi connectivity index (χ2n) is 10.6. The first-order valence-electron chi connectivity index (χ1n) is 11.9. The first kappa shape index (κ1) is 27.2. The Kier molecular flexibility index (Phi) is 7.35. The average molecular weight is 632 g/mol. The van der Waals surface area contributed by atoms with Crippen molar-refractivity contribution in [1.29, 1.82) is 0 Å². The fourth-order valence-electron chi connectivity index (χ4n) is 6.72. The van der Waals surface area contributed by atoms with Gasteiger partial charge in [-0.25, -0.2) is 0 Å². The van der Waals surface area contributed by atoms with Crippen molar-refractivity contribution in [1.82, 2.24) is 0 Å². The Morgan fingerprint density at radius 3 is 1.32 bits per heavy atom. The van der Waals surface area contributed by atoms with Gasteiger partial charge in [-0.1, -0.05) is 0 Å². The van der Waals surface area contributed by atoms with Gasteiger partial charge in [0.15, 0.2) is 0 Å². The van der Waals surface area contributed by atoms with Gasteiger partial charge in [0.2, 0.25) is 0 Å². The first-order chi connectivity index (χ1) is 15.8. The van der Waals surface area contributed by atoms with Crippen molar-refractivity contribution in [3.05, 3.63) is 79.9 Å². The molecule has 6 heteroatoms. The molecule has 4 rings (SSSR count). The Morgan fingerprint density at radius 2 is 1.03 bits per heavy atom. The number of fused-ring (bicyclic) bond motifs is 2. The average Bonchev–Trinajstić information content (AvgIpc) is 3.22. The summed E-state index contributed by atoms with van der Waals surface area (Å²) in [6.07, 6.45) is 0. The van der Waals surface area contributed by atoms with Crippen LogP contribution in [0.3, 0.4) is 0 Å². The molecule has 0 bridgehead atoms. The zero-order chi connectivity index (χ0) is 25.4. The van der Waals surface area contributed by atoms with Gasteiger partial charge in [-0.05, 0) is 0 Å². The molecule has 34 heavy (non-hydrogen) atoms. The zero-order valence-electron chi connectivity index (χ0n) is 21.4. The molecule has 0 saturated heterocycles. The van der Waals surface area contributed by atoms with Crippen LogP contribution in [-0.4, -0.2) is 5.43 Å². The zero-order valence-corrected chi connectivity index (χ0v) is 27.9. The van der Waals surface area contributed by atoms with Crippen LogP contribution in [0.5, 0.6) is 0 Å². The standard InChI is InChI=1S/2C13H14Cl.C2H6Si.2ClH.Zr/c2*1-8-4-5-11(7-14)13-10(3)9(2)6-12(8)13;1-3-2;;;/h2*4-6H,7H2,1-3H3;1-2H3;2*1H;/q;;;;;+2/p-2. The third-order valence-corrected chi connectivity index (χ3v) is 56.1. The van der Waals surface area contributed by atoms with Gasteiger partial charge in [-0.15, -0.1) is 0 Å². The van der Waals surface area contributed by atoms with Crippen LogP contribution in [0.15, 0.2) is 35.4 Å². The number of rotatable bonds is 4. The molecule has 2 aromatic carbocycles. The fourth-order valence-corrected chi connectivity index (χ4v) is 37.8. The Hall–Kier alpha value is 0.180. The monoisotopic (exact) mass is 628 g/mol. The quantitative estimate of drug-likeness (QED) is 0.233. The molecule has 182 valence electrons. The summed E-state index contributed by atoms with van der Waals surface area (Å²) < 4.78 is 0.175. The van der Waals surface area contributed by atoms with Crippen molar-refractivity contribution in [2.75, 3.05) is 0 Å². The number of halogens is 4. The fraction of sp³-hybridized carbons (Fsp3) is 0.429. The van der Waals surface area contributed by atoms with Crippen molar-refractivity contribution in [2.24, 2.45) is 0 Å². The predicted octanol–water partition coefficient (Wildman–Crippen LogP) is 10.4. The van der Waals surface area contributed by atoms with E-state index in [0.717, 1.165) is 0 Å². The van der Waals surface area contributed by atoms with E-state index in [1.54, 1.807) is 0 Å². The van der Waals surface area contributed by atoms with Crippen LogP contribution in [0.4, 0.5) is 0 Å². The number of allylic oxidation sites excluding steroid dienone is 4. The molecule has 0 saturated carbocycles. The van der Waals surface area contributed by atoms with E-state index < -0.39 is 20.4 Å². The normalized spacial score (nSPS) is 20.3. The Morgan fingerprint density at radius 1 is 0.676 bits per heavy atom. The molecule has 0 aliphatic heterocycles. The van der Waals surface area contributed by atoms with Gasteiger partial charge < -0.3 is 0 Å². The van der Waals surface area contributed by atoms with Crippen molar-refractivity contribution in [3.8, 4) is 0 Å². The van der Waals surface area contributed by atoms with E-state index >= 15 is 0 Å². The third-order valence-electron chi connectivity index (χ3n) is 8.78. The molecule has 2 atom stereocenters. The number of benzene rings is 2. The molecule has 0 amide bonds. The number of hydrogen-bond acceptors (Lipinski definition) is 0. The van der Waals surface area contributed by atoms with Crippen molar-refractivity contribution < 1.29 is 15.0 Å². The molecular formula is C28H34Cl4SiZr. The molecule has 0 heterocycles. The topological polar surface area (TPSA) is 0 Å². The van der Waals surface area contributed by atoms with Gasteiger partial charge in [0.05, 0.1) is 0 Å². The van der Waals surface area contributed by atoms with Crippen molar-refractivity contribution >= 4 is 56.8 Å². The van der Waals surface area contributed by atoms with Crippen LogP contribution in [0.2, 0.25) is 13.1 Å². The summed E-state index contributed by atoms with van der Waals surface area (Å²) in [6.45, 7) is 18.1. The molecule has 0 aromatic heterocycles. The van der Waals surface area contributed by atoms with Crippen LogP contribution in [0.25, 0.3) is 11.1 Å². The third kappa shape index (κ3) is 3.53. The summed E-state index contributed by atoms with van der Waals surface area (Å²) in [6, 6.07) is 8.77. The van der Waals surface area contributed by atoms with Crippen LogP contribution in [0, 0.1) is 13.8 Å². The van der Waals surface area contributed by atoms with Crippen LogP contribution in [-0.2, 0) is 26.8 Å². The van der Waals surface area contributed by atoms with Gasteiger partial charge in [0.1, 0.15) is 0 Å². The van der Waals surface area contributed by atoms with E-state index in [9.17, 15) is 0 Å². The summed E-state index contributed by atoms with van der Waals surface area (Å²) in [5, 5.41) is 0. The van der Waals surface area contributed by atoms with Gasteiger partial charge in [0, 0.05) is 0 Å².